The van der Waals surface area contributed by atoms with Crippen LogP contribution in [0.4, 0.5) is 10.5 Å². The quantitative estimate of drug-likeness (QED) is 0.821. The van der Waals surface area contributed by atoms with Crippen molar-refractivity contribution in [1.82, 2.24) is 15.1 Å². The van der Waals surface area contributed by atoms with E-state index in [-0.39, 0.29) is 12.1 Å². The van der Waals surface area contributed by atoms with Crippen LogP contribution < -0.4 is 10.6 Å². The average Bonchev–Trinajstić information content (AvgIpc) is 3.46. The maximum absolute atomic E-state index is 12.7. The molecule has 2 aliphatic heterocycles. The predicted molar refractivity (Wildman–Crippen MR) is 106 cm³/mol. The van der Waals surface area contributed by atoms with Gasteiger partial charge in [-0.15, -0.1) is 0 Å². The first kappa shape index (κ1) is 17.9. The second-order valence-electron chi connectivity index (χ2n) is 7.40. The summed E-state index contributed by atoms with van der Waals surface area (Å²) in [5, 5.41) is 6.64. The van der Waals surface area contributed by atoms with Gasteiger partial charge in [-0.1, -0.05) is 18.2 Å². The molecular weight excluding hydrogens is 340 g/mol. The van der Waals surface area contributed by atoms with Crippen molar-refractivity contribution in [1.29, 1.82) is 0 Å². The van der Waals surface area contributed by atoms with Crippen LogP contribution in [0.2, 0.25) is 0 Å². The molecular formula is C21H28N4O2. The molecule has 6 nitrogen and oxygen atoms in total. The van der Waals surface area contributed by atoms with Crippen molar-refractivity contribution < 1.29 is 9.21 Å². The van der Waals surface area contributed by atoms with Gasteiger partial charge in [-0.3, -0.25) is 4.90 Å². The van der Waals surface area contributed by atoms with Gasteiger partial charge in [0.15, 0.2) is 0 Å². The van der Waals surface area contributed by atoms with Gasteiger partial charge in [0.25, 0.3) is 0 Å². The standard InChI is InChI=1S/C21H28N4O2/c26-21(25-13-10-18(16-25)23-17-7-2-1-3-8-17)22-15-19(20-9-6-14-27-20)24-11-4-5-12-24/h1-3,6-9,14,18-19,23H,4-5,10-13,15-16H2,(H,22,26)/t18-,19-/m0/s1. The number of likely N-dealkylation sites (tertiary alicyclic amines) is 2. The molecule has 2 aliphatic rings. The number of nitrogens with zero attached hydrogens (tertiary/aromatic N) is 2. The zero-order chi connectivity index (χ0) is 18.5. The summed E-state index contributed by atoms with van der Waals surface area (Å²) in [7, 11) is 0. The van der Waals surface area contributed by atoms with Gasteiger partial charge in [-0.25, -0.2) is 4.79 Å². The van der Waals surface area contributed by atoms with Gasteiger partial charge in [-0.05, 0) is 56.6 Å². The predicted octanol–water partition coefficient (Wildman–Crippen LogP) is 3.31. The van der Waals surface area contributed by atoms with Gasteiger partial charge in [0.1, 0.15) is 5.76 Å². The molecule has 2 N–H and O–H groups in total. The Kier molecular flexibility index (Phi) is 5.63. The zero-order valence-corrected chi connectivity index (χ0v) is 15.6. The van der Waals surface area contributed by atoms with Crippen molar-refractivity contribution >= 4 is 11.7 Å². The minimum Gasteiger partial charge on any atom is -0.468 e. The monoisotopic (exact) mass is 368 g/mol. The Morgan fingerprint density at radius 3 is 2.67 bits per heavy atom. The van der Waals surface area contributed by atoms with Gasteiger partial charge < -0.3 is 20.0 Å². The van der Waals surface area contributed by atoms with Crippen LogP contribution in [0.3, 0.4) is 0 Å². The van der Waals surface area contributed by atoms with E-state index in [2.05, 4.69) is 27.7 Å². The molecule has 4 rings (SSSR count). The topological polar surface area (TPSA) is 60.8 Å². The number of urea groups is 1. The number of carbonyl (C=O) groups excluding carboxylic acids is 1. The number of hydrogen-bond acceptors (Lipinski definition) is 4. The van der Waals surface area contributed by atoms with Crippen LogP contribution in [0, 0.1) is 0 Å². The third-order valence-corrected chi connectivity index (χ3v) is 5.52. The minimum absolute atomic E-state index is 0.0168. The number of amides is 2. The highest BCUT2D eigenvalue weighted by molar-refractivity contribution is 5.74. The van der Waals surface area contributed by atoms with Crippen LogP contribution in [-0.4, -0.2) is 54.6 Å². The fourth-order valence-electron chi connectivity index (χ4n) is 4.07. The second kappa shape index (κ2) is 8.48. The highest BCUT2D eigenvalue weighted by Gasteiger charge is 2.29. The summed E-state index contributed by atoms with van der Waals surface area (Å²) in [6.45, 7) is 4.23. The molecule has 1 aromatic heterocycles. The van der Waals surface area contributed by atoms with Crippen molar-refractivity contribution in [3.63, 3.8) is 0 Å². The molecule has 0 spiro atoms. The molecule has 1 aromatic carbocycles. The van der Waals surface area contributed by atoms with Crippen LogP contribution in [0.5, 0.6) is 0 Å². The Hall–Kier alpha value is -2.47. The van der Waals surface area contributed by atoms with E-state index in [0.717, 1.165) is 44.0 Å². The van der Waals surface area contributed by atoms with E-state index in [1.54, 1.807) is 6.26 Å². The molecule has 144 valence electrons. The SMILES string of the molecule is O=C(NC[C@@H](c1ccco1)N1CCCC1)N1CC[C@H](Nc2ccccc2)C1. The summed E-state index contributed by atoms with van der Waals surface area (Å²) in [6.07, 6.45) is 5.10. The van der Waals surface area contributed by atoms with Crippen molar-refractivity contribution in [2.75, 3.05) is 38.0 Å². The Balaban J connectivity index is 1.29. The molecule has 2 saturated heterocycles. The van der Waals surface area contributed by atoms with Crippen molar-refractivity contribution in [3.05, 3.63) is 54.5 Å². The van der Waals surface area contributed by atoms with Crippen molar-refractivity contribution in [3.8, 4) is 0 Å². The first-order valence-corrected chi connectivity index (χ1v) is 9.91. The van der Waals surface area contributed by atoms with Crippen LogP contribution in [0.1, 0.15) is 31.1 Å². The molecule has 27 heavy (non-hydrogen) atoms. The first-order valence-electron chi connectivity index (χ1n) is 9.91. The largest absolute Gasteiger partial charge is 0.468 e. The van der Waals surface area contributed by atoms with Gasteiger partial charge in [-0.2, -0.15) is 0 Å². The molecule has 0 unspecified atom stereocenters. The lowest BCUT2D eigenvalue weighted by Gasteiger charge is -2.27. The van der Waals surface area contributed by atoms with Crippen LogP contribution in [0.25, 0.3) is 0 Å². The van der Waals surface area contributed by atoms with Gasteiger partial charge in [0.2, 0.25) is 0 Å². The molecule has 0 radical (unpaired) electrons. The molecule has 3 heterocycles. The number of furan rings is 1. The van der Waals surface area contributed by atoms with E-state index in [1.165, 1.54) is 12.8 Å². The molecule has 2 atom stereocenters. The van der Waals surface area contributed by atoms with Gasteiger partial charge >= 0.3 is 6.03 Å². The van der Waals surface area contributed by atoms with Gasteiger partial charge in [0.05, 0.1) is 12.3 Å². The second-order valence-corrected chi connectivity index (χ2v) is 7.40. The highest BCUT2D eigenvalue weighted by Crippen LogP contribution is 2.25. The fourth-order valence-corrected chi connectivity index (χ4v) is 4.07. The highest BCUT2D eigenvalue weighted by atomic mass is 16.3. The number of carbonyl (C=O) groups is 1. The third-order valence-electron chi connectivity index (χ3n) is 5.52. The minimum atomic E-state index is 0.0168. The van der Waals surface area contributed by atoms with E-state index in [0.29, 0.717) is 12.6 Å². The molecule has 0 bridgehead atoms. The first-order chi connectivity index (χ1) is 13.3. The van der Waals surface area contributed by atoms with E-state index in [1.807, 2.05) is 35.2 Å². The smallest absolute Gasteiger partial charge is 0.317 e. The number of benzene rings is 1. The lowest BCUT2D eigenvalue weighted by Crippen LogP contribution is -2.43. The summed E-state index contributed by atoms with van der Waals surface area (Å²) >= 11 is 0. The summed E-state index contributed by atoms with van der Waals surface area (Å²) in [4.78, 5) is 17.0. The molecule has 6 heteroatoms. The lowest BCUT2D eigenvalue weighted by molar-refractivity contribution is 0.188. The van der Waals surface area contributed by atoms with Crippen molar-refractivity contribution in [2.24, 2.45) is 0 Å². The van der Waals surface area contributed by atoms with Gasteiger partial charge in [0, 0.05) is 31.4 Å². The summed E-state index contributed by atoms with van der Waals surface area (Å²) in [5.74, 6) is 0.933. The summed E-state index contributed by atoms with van der Waals surface area (Å²) in [6, 6.07) is 14.5. The molecule has 0 aliphatic carbocycles. The summed E-state index contributed by atoms with van der Waals surface area (Å²) < 4.78 is 5.63. The van der Waals surface area contributed by atoms with E-state index in [4.69, 9.17) is 4.42 Å². The number of para-hydroxylation sites is 1. The maximum Gasteiger partial charge on any atom is 0.317 e. The molecule has 0 saturated carbocycles. The number of nitrogens with one attached hydrogen (secondary N) is 2. The number of rotatable bonds is 6. The summed E-state index contributed by atoms with van der Waals surface area (Å²) in [5.41, 5.74) is 1.11. The van der Waals surface area contributed by atoms with E-state index >= 15 is 0 Å². The Morgan fingerprint density at radius 2 is 1.93 bits per heavy atom. The Labute approximate surface area is 160 Å². The molecule has 2 fully saturated rings. The van der Waals surface area contributed by atoms with E-state index < -0.39 is 0 Å². The number of anilines is 1. The Morgan fingerprint density at radius 1 is 1.11 bits per heavy atom. The molecule has 2 amide bonds. The lowest BCUT2D eigenvalue weighted by atomic mass is 10.2. The van der Waals surface area contributed by atoms with E-state index in [9.17, 15) is 4.79 Å². The fraction of sp³-hybridized carbons (Fsp3) is 0.476. The number of hydrogen-bond donors (Lipinski definition) is 2. The normalized spacial score (nSPS) is 21.3. The Bertz CT molecular complexity index is 713. The maximum atomic E-state index is 12.7. The van der Waals surface area contributed by atoms with Crippen LogP contribution in [-0.2, 0) is 0 Å². The average molecular weight is 368 g/mol. The zero-order valence-electron chi connectivity index (χ0n) is 15.6. The third kappa shape index (κ3) is 4.45. The van der Waals surface area contributed by atoms with Crippen LogP contribution >= 0.6 is 0 Å². The van der Waals surface area contributed by atoms with Crippen LogP contribution in [0.15, 0.2) is 53.1 Å². The van der Waals surface area contributed by atoms with Crippen molar-refractivity contribution in [2.45, 2.75) is 31.3 Å². The molecule has 2 aromatic rings.